The van der Waals surface area contributed by atoms with Gasteiger partial charge in [0, 0.05) is 12.6 Å². The van der Waals surface area contributed by atoms with Gasteiger partial charge in [0.05, 0.1) is 7.11 Å². The van der Waals surface area contributed by atoms with Gasteiger partial charge >= 0.3 is 0 Å². The number of hydrogen-bond donors (Lipinski definition) is 2. The average Bonchev–Trinajstić information content (AvgIpc) is 3.20. The molecule has 5 nitrogen and oxygen atoms in total. The predicted octanol–water partition coefficient (Wildman–Crippen LogP) is 1.13. The molecule has 0 saturated heterocycles. The van der Waals surface area contributed by atoms with E-state index in [1.165, 1.54) is 13.2 Å². The lowest BCUT2D eigenvalue weighted by Gasteiger charge is -2.17. The predicted molar refractivity (Wildman–Crippen MR) is 76.1 cm³/mol. The molecule has 0 aromatic heterocycles. The van der Waals surface area contributed by atoms with Crippen LogP contribution in [0.15, 0.2) is 29.2 Å². The van der Waals surface area contributed by atoms with Crippen LogP contribution in [-0.2, 0) is 10.0 Å². The molecule has 19 heavy (non-hydrogen) atoms. The molecule has 0 radical (unpaired) electrons. The van der Waals surface area contributed by atoms with Crippen LogP contribution >= 0.6 is 12.4 Å². The Balaban J connectivity index is 0.00000180. The lowest BCUT2D eigenvalue weighted by atomic mass is 10.2. The summed E-state index contributed by atoms with van der Waals surface area (Å²) in [5.41, 5.74) is 5.61. The first kappa shape index (κ1) is 16.2. The number of nitrogens with one attached hydrogen (secondary N) is 1. The molecule has 0 heterocycles. The zero-order valence-electron chi connectivity index (χ0n) is 10.7. The van der Waals surface area contributed by atoms with Gasteiger partial charge in [-0.25, -0.2) is 13.1 Å². The molecule has 1 aliphatic rings. The Kier molecular flexibility index (Phi) is 5.61. The number of methoxy groups -OCH3 is 1. The molecule has 3 N–H and O–H groups in total. The summed E-state index contributed by atoms with van der Waals surface area (Å²) in [5.74, 6) is 0.719. The highest BCUT2D eigenvalue weighted by molar-refractivity contribution is 7.89. The second-order valence-corrected chi connectivity index (χ2v) is 6.13. The van der Waals surface area contributed by atoms with E-state index in [1.54, 1.807) is 18.2 Å². The number of benzene rings is 1. The van der Waals surface area contributed by atoms with Crippen LogP contribution in [0, 0.1) is 5.92 Å². The zero-order valence-corrected chi connectivity index (χ0v) is 12.3. The summed E-state index contributed by atoms with van der Waals surface area (Å²) < 4.78 is 32.3. The van der Waals surface area contributed by atoms with Crippen LogP contribution in [0.1, 0.15) is 12.8 Å². The van der Waals surface area contributed by atoms with Crippen molar-refractivity contribution in [3.05, 3.63) is 24.3 Å². The van der Waals surface area contributed by atoms with Crippen molar-refractivity contribution in [2.24, 2.45) is 11.7 Å². The van der Waals surface area contributed by atoms with Crippen LogP contribution in [0.5, 0.6) is 5.75 Å². The minimum Gasteiger partial charge on any atom is -0.495 e. The van der Waals surface area contributed by atoms with Gasteiger partial charge in [0.2, 0.25) is 10.0 Å². The maximum atomic E-state index is 12.3. The Labute approximate surface area is 120 Å². The topological polar surface area (TPSA) is 81.4 Å². The normalized spacial score (nSPS) is 16.5. The SMILES string of the molecule is COc1ccccc1S(=O)(=O)NC(CN)C1CC1.Cl. The summed E-state index contributed by atoms with van der Waals surface area (Å²) in [5, 5.41) is 0. The van der Waals surface area contributed by atoms with E-state index in [2.05, 4.69) is 4.72 Å². The molecule has 108 valence electrons. The van der Waals surface area contributed by atoms with Crippen LogP contribution in [-0.4, -0.2) is 28.1 Å². The third-order valence-corrected chi connectivity index (χ3v) is 4.64. The second-order valence-electron chi connectivity index (χ2n) is 4.45. The molecule has 2 rings (SSSR count). The molecule has 1 fully saturated rings. The van der Waals surface area contributed by atoms with E-state index in [0.29, 0.717) is 18.2 Å². The molecular formula is C12H19ClN2O3S. The Hall–Kier alpha value is -0.820. The zero-order chi connectivity index (χ0) is 13.2. The summed E-state index contributed by atoms with van der Waals surface area (Å²) in [6, 6.07) is 6.38. The maximum Gasteiger partial charge on any atom is 0.244 e. The Morgan fingerprint density at radius 2 is 2.05 bits per heavy atom. The number of ether oxygens (including phenoxy) is 1. The minimum atomic E-state index is -3.57. The van der Waals surface area contributed by atoms with Crippen molar-refractivity contribution in [2.75, 3.05) is 13.7 Å². The molecule has 0 aliphatic heterocycles. The number of sulfonamides is 1. The van der Waals surface area contributed by atoms with Gasteiger partial charge in [0.25, 0.3) is 0 Å². The summed E-state index contributed by atoms with van der Waals surface area (Å²) in [6.07, 6.45) is 2.08. The fourth-order valence-corrected chi connectivity index (χ4v) is 3.43. The van der Waals surface area contributed by atoms with E-state index in [9.17, 15) is 8.42 Å². The van der Waals surface area contributed by atoms with E-state index in [1.807, 2.05) is 0 Å². The molecule has 0 bridgehead atoms. The Morgan fingerprint density at radius 3 is 2.58 bits per heavy atom. The quantitative estimate of drug-likeness (QED) is 0.825. The number of halogens is 1. The van der Waals surface area contributed by atoms with Crippen molar-refractivity contribution in [3.8, 4) is 5.75 Å². The van der Waals surface area contributed by atoms with Crippen molar-refractivity contribution in [2.45, 2.75) is 23.8 Å². The first-order valence-electron chi connectivity index (χ1n) is 5.94. The van der Waals surface area contributed by atoms with Crippen LogP contribution in [0.4, 0.5) is 0 Å². The number of para-hydroxylation sites is 1. The molecule has 1 atom stereocenters. The molecule has 0 amide bonds. The number of rotatable bonds is 6. The third kappa shape index (κ3) is 3.82. The van der Waals surface area contributed by atoms with E-state index in [4.69, 9.17) is 10.5 Å². The van der Waals surface area contributed by atoms with Gasteiger partial charge in [-0.1, -0.05) is 12.1 Å². The summed E-state index contributed by atoms with van der Waals surface area (Å²) >= 11 is 0. The van der Waals surface area contributed by atoms with E-state index < -0.39 is 10.0 Å². The fraction of sp³-hybridized carbons (Fsp3) is 0.500. The van der Waals surface area contributed by atoms with Crippen molar-refractivity contribution >= 4 is 22.4 Å². The van der Waals surface area contributed by atoms with Crippen LogP contribution < -0.4 is 15.2 Å². The van der Waals surface area contributed by atoms with Gasteiger partial charge in [-0.15, -0.1) is 12.4 Å². The van der Waals surface area contributed by atoms with E-state index in [-0.39, 0.29) is 23.3 Å². The lowest BCUT2D eigenvalue weighted by molar-refractivity contribution is 0.401. The first-order chi connectivity index (χ1) is 8.58. The van der Waals surface area contributed by atoms with Gasteiger partial charge in [-0.2, -0.15) is 0 Å². The molecule has 1 aromatic rings. The number of hydrogen-bond acceptors (Lipinski definition) is 4. The summed E-state index contributed by atoms with van der Waals surface area (Å²) in [7, 11) is -2.12. The van der Waals surface area contributed by atoms with Gasteiger partial charge < -0.3 is 10.5 Å². The molecular weight excluding hydrogens is 288 g/mol. The number of nitrogens with two attached hydrogens (primary N) is 1. The van der Waals surface area contributed by atoms with Crippen LogP contribution in [0.2, 0.25) is 0 Å². The first-order valence-corrected chi connectivity index (χ1v) is 7.42. The molecule has 1 aromatic carbocycles. The highest BCUT2D eigenvalue weighted by Gasteiger charge is 2.34. The monoisotopic (exact) mass is 306 g/mol. The van der Waals surface area contributed by atoms with Crippen molar-refractivity contribution < 1.29 is 13.2 Å². The van der Waals surface area contributed by atoms with E-state index in [0.717, 1.165) is 12.8 Å². The fourth-order valence-electron chi connectivity index (χ4n) is 1.94. The largest absolute Gasteiger partial charge is 0.495 e. The molecule has 1 unspecified atom stereocenters. The van der Waals surface area contributed by atoms with Crippen molar-refractivity contribution in [1.29, 1.82) is 0 Å². The molecule has 1 aliphatic carbocycles. The second kappa shape index (κ2) is 6.56. The van der Waals surface area contributed by atoms with Gasteiger partial charge in [-0.05, 0) is 30.9 Å². The highest BCUT2D eigenvalue weighted by Crippen LogP contribution is 2.33. The lowest BCUT2D eigenvalue weighted by Crippen LogP contribution is -2.41. The minimum absolute atomic E-state index is 0. The molecule has 0 spiro atoms. The van der Waals surface area contributed by atoms with Gasteiger partial charge in [-0.3, -0.25) is 0 Å². The van der Waals surface area contributed by atoms with Crippen molar-refractivity contribution in [1.82, 2.24) is 4.72 Å². The summed E-state index contributed by atoms with van der Waals surface area (Å²) in [6.45, 7) is 0.318. The van der Waals surface area contributed by atoms with E-state index >= 15 is 0 Å². The van der Waals surface area contributed by atoms with Crippen LogP contribution in [0.3, 0.4) is 0 Å². The maximum absolute atomic E-state index is 12.3. The van der Waals surface area contributed by atoms with Gasteiger partial charge in [0.15, 0.2) is 0 Å². The standard InChI is InChI=1S/C12H18N2O3S.ClH/c1-17-11-4-2-3-5-12(11)18(15,16)14-10(8-13)9-6-7-9;/h2-5,9-10,14H,6-8,13H2,1H3;1H. The smallest absolute Gasteiger partial charge is 0.244 e. The van der Waals surface area contributed by atoms with Crippen LogP contribution in [0.25, 0.3) is 0 Å². The summed E-state index contributed by atoms with van der Waals surface area (Å²) in [4.78, 5) is 0.159. The van der Waals surface area contributed by atoms with Gasteiger partial charge in [0.1, 0.15) is 10.6 Å². The Bertz CT molecular complexity index is 517. The third-order valence-electron chi connectivity index (χ3n) is 3.11. The highest BCUT2D eigenvalue weighted by atomic mass is 35.5. The molecule has 1 saturated carbocycles. The van der Waals surface area contributed by atoms with Crippen molar-refractivity contribution in [3.63, 3.8) is 0 Å². The molecule has 7 heteroatoms. The Morgan fingerprint density at radius 1 is 1.42 bits per heavy atom. The average molecular weight is 307 g/mol.